The summed E-state index contributed by atoms with van der Waals surface area (Å²) < 4.78 is 29.0. The average Bonchev–Trinajstić information content (AvgIpc) is 2.74. The zero-order valence-corrected chi connectivity index (χ0v) is 13.2. The van der Waals surface area contributed by atoms with Crippen molar-refractivity contribution >= 4 is 21.4 Å². The van der Waals surface area contributed by atoms with Gasteiger partial charge in [0, 0.05) is 18.7 Å². The number of hydrogen-bond acceptors (Lipinski definition) is 5. The van der Waals surface area contributed by atoms with Crippen LogP contribution in [-0.2, 0) is 16.6 Å². The minimum atomic E-state index is -3.92. The molecule has 0 fully saturated rings. The highest BCUT2D eigenvalue weighted by molar-refractivity contribution is 7.92. The van der Waals surface area contributed by atoms with Gasteiger partial charge in [-0.25, -0.2) is 8.42 Å². The van der Waals surface area contributed by atoms with E-state index >= 15 is 0 Å². The molecule has 0 saturated heterocycles. The first-order chi connectivity index (χ1) is 10.3. The van der Waals surface area contributed by atoms with Crippen molar-refractivity contribution < 1.29 is 13.3 Å². The van der Waals surface area contributed by atoms with E-state index in [1.165, 1.54) is 18.2 Å². The van der Waals surface area contributed by atoms with E-state index in [0.717, 1.165) is 6.07 Å². The number of anilines is 1. The molecule has 0 amide bonds. The molecule has 1 aromatic carbocycles. The van der Waals surface area contributed by atoms with E-state index in [1.807, 2.05) is 6.92 Å². The monoisotopic (exact) mass is 324 g/mol. The summed E-state index contributed by atoms with van der Waals surface area (Å²) in [6.45, 7) is 5.97. The molecule has 0 spiro atoms. The third-order valence-corrected chi connectivity index (χ3v) is 4.60. The average molecular weight is 324 g/mol. The Morgan fingerprint density at radius 1 is 1.36 bits per heavy atom. The van der Waals surface area contributed by atoms with Crippen LogP contribution in [0, 0.1) is 24.0 Å². The number of aryl methyl sites for hydroxylation is 2. The number of nitro benzene ring substituents is 1. The van der Waals surface area contributed by atoms with Crippen molar-refractivity contribution in [2.75, 3.05) is 4.72 Å². The third kappa shape index (κ3) is 2.93. The molecule has 1 aromatic heterocycles. The molecule has 1 heterocycles. The first kappa shape index (κ1) is 16.0. The number of aromatic nitrogens is 2. The van der Waals surface area contributed by atoms with Crippen LogP contribution in [0.25, 0.3) is 0 Å². The molecule has 8 nitrogen and oxygen atoms in total. The summed E-state index contributed by atoms with van der Waals surface area (Å²) in [7, 11) is -3.92. The second-order valence-electron chi connectivity index (χ2n) is 4.72. The van der Waals surface area contributed by atoms with Gasteiger partial charge in [-0.15, -0.1) is 0 Å². The smallest absolute Gasteiger partial charge is 0.270 e. The van der Waals surface area contributed by atoms with Gasteiger partial charge in [-0.1, -0.05) is 6.07 Å². The highest BCUT2D eigenvalue weighted by Gasteiger charge is 2.21. The van der Waals surface area contributed by atoms with E-state index in [0.29, 0.717) is 23.6 Å². The Labute approximate surface area is 128 Å². The van der Waals surface area contributed by atoms with Crippen molar-refractivity contribution in [2.45, 2.75) is 32.2 Å². The van der Waals surface area contributed by atoms with Crippen LogP contribution in [0.4, 0.5) is 11.4 Å². The van der Waals surface area contributed by atoms with Crippen molar-refractivity contribution in [2.24, 2.45) is 0 Å². The largest absolute Gasteiger partial charge is 0.276 e. The Bertz CT molecular complexity index is 827. The maximum Gasteiger partial charge on any atom is 0.270 e. The maximum atomic E-state index is 12.4. The Morgan fingerprint density at radius 2 is 2.05 bits per heavy atom. The molecule has 0 aliphatic carbocycles. The number of rotatable bonds is 5. The van der Waals surface area contributed by atoms with Gasteiger partial charge in [0.15, 0.2) is 0 Å². The molecule has 0 aliphatic rings. The standard InChI is InChI=1S/C13H16N4O4S/c1-4-16-10(3)13(9(2)14-16)15-22(20,21)12-7-5-6-11(8-12)17(18)19/h5-8,15H,4H2,1-3H3. The van der Waals surface area contributed by atoms with Crippen molar-refractivity contribution in [1.29, 1.82) is 0 Å². The quantitative estimate of drug-likeness (QED) is 0.670. The summed E-state index contributed by atoms with van der Waals surface area (Å²) >= 11 is 0. The number of nitrogens with one attached hydrogen (secondary N) is 1. The highest BCUT2D eigenvalue weighted by Crippen LogP contribution is 2.24. The molecule has 0 bridgehead atoms. The van der Waals surface area contributed by atoms with E-state index in [4.69, 9.17) is 0 Å². The van der Waals surface area contributed by atoms with Gasteiger partial charge < -0.3 is 0 Å². The molecule has 2 rings (SSSR count). The summed E-state index contributed by atoms with van der Waals surface area (Å²) in [4.78, 5) is 9.97. The van der Waals surface area contributed by atoms with Gasteiger partial charge in [0.2, 0.25) is 0 Å². The zero-order chi connectivity index (χ0) is 16.5. The number of nitrogens with zero attached hydrogens (tertiary/aromatic N) is 3. The normalized spacial score (nSPS) is 11.4. The molecule has 0 radical (unpaired) electrons. The van der Waals surface area contributed by atoms with Crippen LogP contribution in [0.15, 0.2) is 29.2 Å². The Morgan fingerprint density at radius 3 is 2.59 bits per heavy atom. The molecule has 118 valence electrons. The molecular weight excluding hydrogens is 308 g/mol. The lowest BCUT2D eigenvalue weighted by Gasteiger charge is -2.08. The Balaban J connectivity index is 2.42. The van der Waals surface area contributed by atoms with Crippen molar-refractivity contribution in [3.63, 3.8) is 0 Å². The zero-order valence-electron chi connectivity index (χ0n) is 12.4. The predicted molar refractivity (Wildman–Crippen MR) is 81.3 cm³/mol. The fourth-order valence-electron chi connectivity index (χ4n) is 2.11. The van der Waals surface area contributed by atoms with Crippen LogP contribution < -0.4 is 4.72 Å². The minimum Gasteiger partial charge on any atom is -0.276 e. The topological polar surface area (TPSA) is 107 Å². The first-order valence-electron chi connectivity index (χ1n) is 6.57. The molecule has 1 N–H and O–H groups in total. The highest BCUT2D eigenvalue weighted by atomic mass is 32.2. The van der Waals surface area contributed by atoms with Gasteiger partial charge in [0.1, 0.15) is 0 Å². The number of nitro groups is 1. The van der Waals surface area contributed by atoms with E-state index < -0.39 is 14.9 Å². The van der Waals surface area contributed by atoms with Gasteiger partial charge in [0.05, 0.1) is 26.9 Å². The van der Waals surface area contributed by atoms with E-state index in [-0.39, 0.29) is 10.6 Å². The predicted octanol–water partition coefficient (Wildman–Crippen LogP) is 2.23. The summed E-state index contributed by atoms with van der Waals surface area (Å²) in [6, 6.07) is 4.91. The third-order valence-electron chi connectivity index (χ3n) is 3.26. The van der Waals surface area contributed by atoms with Gasteiger partial charge in [-0.2, -0.15) is 5.10 Å². The molecule has 2 aromatic rings. The van der Waals surface area contributed by atoms with E-state index in [2.05, 4.69) is 9.82 Å². The van der Waals surface area contributed by atoms with Crippen molar-refractivity contribution in [1.82, 2.24) is 9.78 Å². The lowest BCUT2D eigenvalue weighted by Crippen LogP contribution is -2.14. The van der Waals surface area contributed by atoms with Gasteiger partial charge in [0.25, 0.3) is 15.7 Å². The van der Waals surface area contributed by atoms with Crippen LogP contribution in [0.2, 0.25) is 0 Å². The number of sulfonamides is 1. The molecule has 0 aliphatic heterocycles. The molecule has 9 heteroatoms. The molecule has 0 saturated carbocycles. The SMILES string of the molecule is CCn1nc(C)c(NS(=O)(=O)c2cccc([N+](=O)[O-])c2)c1C. The number of non-ortho nitro benzene ring substituents is 1. The lowest BCUT2D eigenvalue weighted by atomic mass is 10.3. The first-order valence-corrected chi connectivity index (χ1v) is 8.06. The van der Waals surface area contributed by atoms with Crippen molar-refractivity contribution in [3.8, 4) is 0 Å². The van der Waals surface area contributed by atoms with Crippen LogP contribution >= 0.6 is 0 Å². The minimum absolute atomic E-state index is 0.162. The fourth-order valence-corrected chi connectivity index (χ4v) is 3.33. The molecule has 0 unspecified atom stereocenters. The molecule has 0 atom stereocenters. The van der Waals surface area contributed by atoms with Crippen LogP contribution in [-0.4, -0.2) is 23.1 Å². The van der Waals surface area contributed by atoms with E-state index in [1.54, 1.807) is 18.5 Å². The second-order valence-corrected chi connectivity index (χ2v) is 6.40. The lowest BCUT2D eigenvalue weighted by molar-refractivity contribution is -0.385. The summed E-state index contributed by atoms with van der Waals surface area (Å²) in [5, 5.41) is 15.0. The van der Waals surface area contributed by atoms with Crippen LogP contribution in [0.1, 0.15) is 18.3 Å². The maximum absolute atomic E-state index is 12.4. The van der Waals surface area contributed by atoms with Gasteiger partial charge >= 0.3 is 0 Å². The number of hydrogen-bond donors (Lipinski definition) is 1. The van der Waals surface area contributed by atoms with Gasteiger partial charge in [-0.05, 0) is 26.8 Å². The summed E-state index contributed by atoms with van der Waals surface area (Å²) in [6.07, 6.45) is 0. The number of benzene rings is 1. The second kappa shape index (κ2) is 5.76. The summed E-state index contributed by atoms with van der Waals surface area (Å²) in [5.41, 5.74) is 1.36. The Kier molecular flexibility index (Phi) is 4.18. The summed E-state index contributed by atoms with van der Waals surface area (Å²) in [5.74, 6) is 0. The fraction of sp³-hybridized carbons (Fsp3) is 0.308. The van der Waals surface area contributed by atoms with Crippen molar-refractivity contribution in [3.05, 3.63) is 45.8 Å². The van der Waals surface area contributed by atoms with E-state index in [9.17, 15) is 18.5 Å². The Hall–Kier alpha value is -2.42. The molecular formula is C13H16N4O4S. The van der Waals surface area contributed by atoms with Crippen LogP contribution in [0.5, 0.6) is 0 Å². The molecule has 22 heavy (non-hydrogen) atoms. The van der Waals surface area contributed by atoms with Gasteiger partial charge in [-0.3, -0.25) is 19.5 Å². The van der Waals surface area contributed by atoms with Crippen LogP contribution in [0.3, 0.4) is 0 Å².